The Kier molecular flexibility index (Phi) is 4.14. The highest BCUT2D eigenvalue weighted by Crippen LogP contribution is 2.29. The lowest BCUT2D eigenvalue weighted by Crippen LogP contribution is -2.14. The van der Waals surface area contributed by atoms with E-state index >= 15 is 0 Å². The van der Waals surface area contributed by atoms with Gasteiger partial charge in [-0.2, -0.15) is 0 Å². The molecule has 0 saturated heterocycles. The van der Waals surface area contributed by atoms with Gasteiger partial charge >= 0.3 is 0 Å². The van der Waals surface area contributed by atoms with Crippen molar-refractivity contribution in [2.75, 3.05) is 19.5 Å². The molecule has 2 aromatic rings. The Balaban J connectivity index is 2.19. The van der Waals surface area contributed by atoms with Crippen molar-refractivity contribution in [2.45, 2.75) is 6.92 Å². The highest BCUT2D eigenvalue weighted by molar-refractivity contribution is 6.02. The molecule has 0 saturated carbocycles. The maximum Gasteiger partial charge on any atom is 0.274 e. The predicted molar refractivity (Wildman–Crippen MR) is 74.3 cm³/mol. The van der Waals surface area contributed by atoms with Gasteiger partial charge in [0.15, 0.2) is 11.5 Å². The number of aromatic nitrogens is 2. The molecule has 0 aliphatic rings. The number of methoxy groups -OCH3 is 2. The summed E-state index contributed by atoms with van der Waals surface area (Å²) in [5.74, 6) is 1.39. The van der Waals surface area contributed by atoms with Gasteiger partial charge in [-0.25, -0.2) is 9.97 Å². The van der Waals surface area contributed by atoms with Gasteiger partial charge in [0.1, 0.15) is 11.5 Å². The molecule has 1 heterocycles. The number of carbonyl (C=O) groups excluding carboxylic acids is 1. The van der Waals surface area contributed by atoms with E-state index in [1.54, 1.807) is 44.5 Å². The van der Waals surface area contributed by atoms with Crippen LogP contribution < -0.4 is 14.8 Å². The molecule has 1 aromatic carbocycles. The van der Waals surface area contributed by atoms with Crippen molar-refractivity contribution in [3.05, 3.63) is 42.0 Å². The van der Waals surface area contributed by atoms with E-state index in [0.29, 0.717) is 28.7 Å². The van der Waals surface area contributed by atoms with Crippen LogP contribution in [0.2, 0.25) is 0 Å². The zero-order valence-corrected chi connectivity index (χ0v) is 11.5. The van der Waals surface area contributed by atoms with Crippen LogP contribution in [0, 0.1) is 6.92 Å². The first-order valence-corrected chi connectivity index (χ1v) is 5.97. The van der Waals surface area contributed by atoms with E-state index < -0.39 is 0 Å². The Morgan fingerprint density at radius 1 is 1.15 bits per heavy atom. The SMILES string of the molecule is COc1ccc(NC(=O)c2ccnc(C)n2)cc1OC. The molecule has 0 bridgehead atoms. The Morgan fingerprint density at radius 2 is 1.90 bits per heavy atom. The van der Waals surface area contributed by atoms with Crippen molar-refractivity contribution in [1.82, 2.24) is 9.97 Å². The molecule has 1 N–H and O–H groups in total. The van der Waals surface area contributed by atoms with Crippen LogP contribution in [0.4, 0.5) is 5.69 Å². The minimum Gasteiger partial charge on any atom is -0.493 e. The van der Waals surface area contributed by atoms with Crippen LogP contribution >= 0.6 is 0 Å². The summed E-state index contributed by atoms with van der Waals surface area (Å²) in [7, 11) is 3.09. The minimum atomic E-state index is -0.303. The summed E-state index contributed by atoms with van der Waals surface area (Å²) in [5.41, 5.74) is 0.913. The molecule has 104 valence electrons. The van der Waals surface area contributed by atoms with E-state index in [1.165, 1.54) is 7.11 Å². The van der Waals surface area contributed by atoms with Crippen LogP contribution in [-0.2, 0) is 0 Å². The lowest BCUT2D eigenvalue weighted by molar-refractivity contribution is 0.102. The fourth-order valence-electron chi connectivity index (χ4n) is 1.69. The molecule has 0 aliphatic carbocycles. The van der Waals surface area contributed by atoms with Crippen molar-refractivity contribution < 1.29 is 14.3 Å². The number of hydrogen-bond donors (Lipinski definition) is 1. The Morgan fingerprint density at radius 3 is 2.55 bits per heavy atom. The fourth-order valence-corrected chi connectivity index (χ4v) is 1.69. The second kappa shape index (κ2) is 6.01. The number of amides is 1. The average Bonchev–Trinajstić information content (AvgIpc) is 2.47. The highest BCUT2D eigenvalue weighted by atomic mass is 16.5. The van der Waals surface area contributed by atoms with Crippen molar-refractivity contribution in [2.24, 2.45) is 0 Å². The smallest absolute Gasteiger partial charge is 0.274 e. The maximum absolute atomic E-state index is 12.0. The van der Waals surface area contributed by atoms with Gasteiger partial charge in [0.2, 0.25) is 0 Å². The third-order valence-electron chi connectivity index (χ3n) is 2.65. The molecule has 0 atom stereocenters. The van der Waals surface area contributed by atoms with Gasteiger partial charge in [-0.1, -0.05) is 0 Å². The molecule has 0 aliphatic heterocycles. The van der Waals surface area contributed by atoms with Gasteiger partial charge < -0.3 is 14.8 Å². The Bertz CT molecular complexity index is 629. The number of rotatable bonds is 4. The number of carbonyl (C=O) groups is 1. The van der Waals surface area contributed by atoms with Crippen LogP contribution in [-0.4, -0.2) is 30.1 Å². The number of nitrogens with one attached hydrogen (secondary N) is 1. The first-order chi connectivity index (χ1) is 9.63. The average molecular weight is 273 g/mol. The van der Waals surface area contributed by atoms with Gasteiger partial charge in [-0.15, -0.1) is 0 Å². The molecule has 6 nitrogen and oxygen atoms in total. The van der Waals surface area contributed by atoms with Crippen LogP contribution in [0.1, 0.15) is 16.3 Å². The Hall–Kier alpha value is -2.63. The van der Waals surface area contributed by atoms with Crippen LogP contribution in [0.25, 0.3) is 0 Å². The lowest BCUT2D eigenvalue weighted by Gasteiger charge is -2.10. The molecule has 0 fully saturated rings. The van der Waals surface area contributed by atoms with E-state index in [1.807, 2.05) is 0 Å². The monoisotopic (exact) mass is 273 g/mol. The van der Waals surface area contributed by atoms with E-state index in [0.717, 1.165) is 0 Å². The lowest BCUT2D eigenvalue weighted by atomic mass is 10.2. The van der Waals surface area contributed by atoms with E-state index in [4.69, 9.17) is 9.47 Å². The normalized spacial score (nSPS) is 9.95. The number of aryl methyl sites for hydroxylation is 1. The van der Waals surface area contributed by atoms with Crippen LogP contribution in [0.3, 0.4) is 0 Å². The molecular weight excluding hydrogens is 258 g/mol. The van der Waals surface area contributed by atoms with Crippen LogP contribution in [0.5, 0.6) is 11.5 Å². The first-order valence-electron chi connectivity index (χ1n) is 5.97. The second-order valence-electron chi connectivity index (χ2n) is 4.01. The van der Waals surface area contributed by atoms with Crippen molar-refractivity contribution in [3.8, 4) is 11.5 Å². The quantitative estimate of drug-likeness (QED) is 0.923. The third-order valence-corrected chi connectivity index (χ3v) is 2.65. The summed E-state index contributed by atoms with van der Waals surface area (Å²) in [6.45, 7) is 1.73. The summed E-state index contributed by atoms with van der Waals surface area (Å²) in [5, 5.41) is 2.75. The molecule has 1 amide bonds. The number of hydrogen-bond acceptors (Lipinski definition) is 5. The van der Waals surface area contributed by atoms with Gasteiger partial charge in [0.05, 0.1) is 14.2 Å². The standard InChI is InChI=1S/C14H15N3O3/c1-9-15-7-6-11(16-9)14(18)17-10-4-5-12(19-2)13(8-10)20-3/h4-8H,1-3H3,(H,17,18). The molecule has 20 heavy (non-hydrogen) atoms. The number of nitrogens with zero attached hydrogens (tertiary/aromatic N) is 2. The zero-order valence-electron chi connectivity index (χ0n) is 11.5. The van der Waals surface area contributed by atoms with Gasteiger partial charge in [0, 0.05) is 18.0 Å². The molecular formula is C14H15N3O3. The van der Waals surface area contributed by atoms with E-state index in [-0.39, 0.29) is 5.91 Å². The van der Waals surface area contributed by atoms with Crippen molar-refractivity contribution in [3.63, 3.8) is 0 Å². The summed E-state index contributed by atoms with van der Waals surface area (Å²) in [6, 6.07) is 6.70. The first kappa shape index (κ1) is 13.8. The van der Waals surface area contributed by atoms with Gasteiger partial charge in [0.25, 0.3) is 5.91 Å². The van der Waals surface area contributed by atoms with E-state index in [9.17, 15) is 4.79 Å². The van der Waals surface area contributed by atoms with Gasteiger partial charge in [-0.3, -0.25) is 4.79 Å². The minimum absolute atomic E-state index is 0.303. The fraction of sp³-hybridized carbons (Fsp3) is 0.214. The highest BCUT2D eigenvalue weighted by Gasteiger charge is 2.10. The summed E-state index contributed by atoms with van der Waals surface area (Å²) >= 11 is 0. The molecule has 0 radical (unpaired) electrons. The summed E-state index contributed by atoms with van der Waals surface area (Å²) in [6.07, 6.45) is 1.55. The van der Waals surface area contributed by atoms with Crippen molar-refractivity contribution in [1.29, 1.82) is 0 Å². The van der Waals surface area contributed by atoms with E-state index in [2.05, 4.69) is 15.3 Å². The molecule has 0 spiro atoms. The topological polar surface area (TPSA) is 73.3 Å². The summed E-state index contributed by atoms with van der Waals surface area (Å²) in [4.78, 5) is 20.1. The number of benzene rings is 1. The largest absolute Gasteiger partial charge is 0.493 e. The van der Waals surface area contributed by atoms with Gasteiger partial charge in [-0.05, 0) is 25.1 Å². The molecule has 2 rings (SSSR count). The number of ether oxygens (including phenoxy) is 2. The predicted octanol–water partition coefficient (Wildman–Crippen LogP) is 2.05. The second-order valence-corrected chi connectivity index (χ2v) is 4.01. The molecule has 1 aromatic heterocycles. The number of anilines is 1. The molecule has 0 unspecified atom stereocenters. The van der Waals surface area contributed by atoms with Crippen LogP contribution in [0.15, 0.2) is 30.5 Å². The maximum atomic E-state index is 12.0. The van der Waals surface area contributed by atoms with Crippen molar-refractivity contribution >= 4 is 11.6 Å². The Labute approximate surface area is 116 Å². The zero-order chi connectivity index (χ0) is 14.5. The third kappa shape index (κ3) is 3.03. The summed E-state index contributed by atoms with van der Waals surface area (Å²) < 4.78 is 10.3. The molecule has 6 heteroatoms.